The van der Waals surface area contributed by atoms with E-state index in [9.17, 15) is 4.39 Å². The van der Waals surface area contributed by atoms with E-state index in [1.807, 2.05) is 17.4 Å². The lowest BCUT2D eigenvalue weighted by Gasteiger charge is -2.27. The summed E-state index contributed by atoms with van der Waals surface area (Å²) < 4.78 is 18.9. The number of nitrogens with one attached hydrogen (secondary N) is 2. The average Bonchev–Trinajstić information content (AvgIpc) is 3.43. The summed E-state index contributed by atoms with van der Waals surface area (Å²) >= 11 is 1.81. The van der Waals surface area contributed by atoms with Crippen LogP contribution in [-0.2, 0) is 17.9 Å². The number of nitrogens with zero attached hydrogens (tertiary/aromatic N) is 2. The Morgan fingerprint density at radius 2 is 2.10 bits per heavy atom. The molecule has 1 fully saturated rings. The molecule has 1 saturated heterocycles. The zero-order valence-corrected chi connectivity index (χ0v) is 18.1. The standard InChI is InChI=1S/C22H31FN4OS/c1-3-24-22(25-14-17-8-9-19(23)18(13-17)16-28-2)26-15-20(21-7-6-12-29-21)27-10-4-5-11-27/h6-9,12-13,20H,3-5,10-11,14-16H2,1-2H3,(H2,24,25,26). The van der Waals surface area contributed by atoms with Crippen LogP contribution in [0.25, 0.3) is 0 Å². The Kier molecular flexibility index (Phi) is 8.46. The van der Waals surface area contributed by atoms with Crippen LogP contribution >= 0.6 is 11.3 Å². The molecule has 0 saturated carbocycles. The highest BCUT2D eigenvalue weighted by atomic mass is 32.1. The largest absolute Gasteiger partial charge is 0.380 e. The molecule has 2 N–H and O–H groups in total. The number of aliphatic imine (C=N–C) groups is 1. The number of thiophene rings is 1. The van der Waals surface area contributed by atoms with Gasteiger partial charge in [0, 0.05) is 30.6 Å². The number of ether oxygens (including phenoxy) is 1. The molecular weight excluding hydrogens is 387 g/mol. The zero-order valence-electron chi connectivity index (χ0n) is 17.3. The first kappa shape index (κ1) is 21.7. The number of hydrogen-bond donors (Lipinski definition) is 2. The normalized spacial score (nSPS) is 16.2. The number of hydrogen-bond acceptors (Lipinski definition) is 4. The second kappa shape index (κ2) is 11.3. The number of rotatable bonds is 9. The predicted octanol–water partition coefficient (Wildman–Crippen LogP) is 3.93. The van der Waals surface area contributed by atoms with Gasteiger partial charge in [0.25, 0.3) is 0 Å². The Morgan fingerprint density at radius 3 is 2.79 bits per heavy atom. The first-order valence-corrected chi connectivity index (χ1v) is 11.1. The van der Waals surface area contributed by atoms with Crippen molar-refractivity contribution in [2.75, 3.05) is 33.3 Å². The molecule has 3 rings (SSSR count). The Bertz CT molecular complexity index is 775. The summed E-state index contributed by atoms with van der Waals surface area (Å²) in [6.07, 6.45) is 2.54. The molecule has 158 valence electrons. The van der Waals surface area contributed by atoms with Gasteiger partial charge in [-0.25, -0.2) is 9.38 Å². The highest BCUT2D eigenvalue weighted by molar-refractivity contribution is 7.10. The first-order chi connectivity index (χ1) is 14.2. The number of likely N-dealkylation sites (tertiary alicyclic amines) is 1. The number of guanidine groups is 1. The van der Waals surface area contributed by atoms with Crippen molar-refractivity contribution in [3.8, 4) is 0 Å². The van der Waals surface area contributed by atoms with Crippen LogP contribution in [0.5, 0.6) is 0 Å². The summed E-state index contributed by atoms with van der Waals surface area (Å²) in [5.41, 5.74) is 1.52. The van der Waals surface area contributed by atoms with Crippen molar-refractivity contribution in [1.29, 1.82) is 0 Å². The summed E-state index contributed by atoms with van der Waals surface area (Å²) in [4.78, 5) is 8.65. The maximum absolute atomic E-state index is 13.8. The molecule has 0 bridgehead atoms. The molecule has 1 unspecified atom stereocenters. The maximum atomic E-state index is 13.8. The molecule has 2 heterocycles. The van der Waals surface area contributed by atoms with Crippen molar-refractivity contribution in [2.45, 2.75) is 39.0 Å². The fraction of sp³-hybridized carbons (Fsp3) is 0.500. The van der Waals surface area contributed by atoms with E-state index in [1.165, 1.54) is 23.8 Å². The van der Waals surface area contributed by atoms with Gasteiger partial charge in [0.15, 0.2) is 5.96 Å². The van der Waals surface area contributed by atoms with Crippen LogP contribution in [0.1, 0.15) is 41.8 Å². The third kappa shape index (κ3) is 6.26. The van der Waals surface area contributed by atoms with Crippen molar-refractivity contribution in [1.82, 2.24) is 15.5 Å². The number of benzene rings is 1. The van der Waals surface area contributed by atoms with E-state index in [2.05, 4.69) is 40.0 Å². The van der Waals surface area contributed by atoms with E-state index >= 15 is 0 Å². The average molecular weight is 419 g/mol. The highest BCUT2D eigenvalue weighted by Gasteiger charge is 2.24. The second-order valence-electron chi connectivity index (χ2n) is 7.21. The molecule has 0 spiro atoms. The quantitative estimate of drug-likeness (QED) is 0.479. The first-order valence-electron chi connectivity index (χ1n) is 10.3. The molecular formula is C22H31FN4OS. The van der Waals surface area contributed by atoms with Crippen LogP contribution in [-0.4, -0.2) is 44.1 Å². The molecule has 0 radical (unpaired) electrons. The van der Waals surface area contributed by atoms with E-state index < -0.39 is 0 Å². The van der Waals surface area contributed by atoms with E-state index in [0.717, 1.165) is 37.7 Å². The van der Waals surface area contributed by atoms with Gasteiger partial charge >= 0.3 is 0 Å². The summed E-state index contributed by atoms with van der Waals surface area (Å²) in [6, 6.07) is 9.79. The molecule has 0 amide bonds. The van der Waals surface area contributed by atoms with E-state index in [-0.39, 0.29) is 12.4 Å². The van der Waals surface area contributed by atoms with Crippen LogP contribution in [0.15, 0.2) is 40.7 Å². The summed E-state index contributed by atoms with van der Waals surface area (Å²) in [5, 5.41) is 8.98. The number of halogens is 1. The zero-order chi connectivity index (χ0) is 20.5. The molecule has 1 aliphatic heterocycles. The minimum absolute atomic E-state index is 0.242. The monoisotopic (exact) mass is 418 g/mol. The summed E-state index contributed by atoms with van der Waals surface area (Å²) in [5.74, 6) is 0.542. The van der Waals surface area contributed by atoms with E-state index in [0.29, 0.717) is 18.2 Å². The summed E-state index contributed by atoms with van der Waals surface area (Å²) in [7, 11) is 1.57. The van der Waals surface area contributed by atoms with E-state index in [1.54, 1.807) is 13.2 Å². The SMILES string of the molecule is CCNC(=NCc1ccc(F)c(COC)c1)NCC(c1cccs1)N1CCCC1. The third-order valence-electron chi connectivity index (χ3n) is 5.09. The van der Waals surface area contributed by atoms with Crippen molar-refractivity contribution in [3.63, 3.8) is 0 Å². The Morgan fingerprint density at radius 1 is 1.28 bits per heavy atom. The molecule has 1 aromatic heterocycles. The van der Waals surface area contributed by atoms with Gasteiger partial charge in [-0.3, -0.25) is 4.90 Å². The highest BCUT2D eigenvalue weighted by Crippen LogP contribution is 2.27. The van der Waals surface area contributed by atoms with Gasteiger partial charge in [-0.05, 0) is 62.0 Å². The molecule has 1 aromatic carbocycles. The lowest BCUT2D eigenvalue weighted by molar-refractivity contribution is 0.181. The van der Waals surface area contributed by atoms with Gasteiger partial charge in [0.2, 0.25) is 0 Å². The van der Waals surface area contributed by atoms with Crippen molar-refractivity contribution in [2.24, 2.45) is 4.99 Å². The van der Waals surface area contributed by atoms with Gasteiger partial charge in [-0.1, -0.05) is 12.1 Å². The van der Waals surface area contributed by atoms with Crippen LogP contribution in [0.3, 0.4) is 0 Å². The smallest absolute Gasteiger partial charge is 0.191 e. The van der Waals surface area contributed by atoms with Crippen LogP contribution in [0.2, 0.25) is 0 Å². The predicted molar refractivity (Wildman–Crippen MR) is 118 cm³/mol. The van der Waals surface area contributed by atoms with Gasteiger partial charge < -0.3 is 15.4 Å². The topological polar surface area (TPSA) is 48.9 Å². The lowest BCUT2D eigenvalue weighted by Crippen LogP contribution is -2.42. The molecule has 29 heavy (non-hydrogen) atoms. The summed E-state index contributed by atoms with van der Waals surface area (Å²) in [6.45, 7) is 6.70. The van der Waals surface area contributed by atoms with E-state index in [4.69, 9.17) is 9.73 Å². The fourth-order valence-corrected chi connectivity index (χ4v) is 4.50. The molecule has 5 nitrogen and oxygen atoms in total. The Labute approximate surface area is 177 Å². The second-order valence-corrected chi connectivity index (χ2v) is 8.19. The molecule has 1 aliphatic rings. The molecule has 1 atom stereocenters. The fourth-order valence-electron chi connectivity index (χ4n) is 3.64. The van der Waals surface area contributed by atoms with Crippen molar-refractivity contribution < 1.29 is 9.13 Å². The molecule has 2 aromatic rings. The lowest BCUT2D eigenvalue weighted by atomic mass is 10.1. The van der Waals surface area contributed by atoms with Gasteiger partial charge in [-0.2, -0.15) is 0 Å². The van der Waals surface area contributed by atoms with Crippen molar-refractivity contribution >= 4 is 17.3 Å². The minimum Gasteiger partial charge on any atom is -0.380 e. The third-order valence-corrected chi connectivity index (χ3v) is 6.06. The van der Waals surface area contributed by atoms with Gasteiger partial charge in [0.05, 0.1) is 19.2 Å². The van der Waals surface area contributed by atoms with Crippen LogP contribution in [0, 0.1) is 5.82 Å². The van der Waals surface area contributed by atoms with Crippen LogP contribution in [0.4, 0.5) is 4.39 Å². The number of methoxy groups -OCH3 is 1. The minimum atomic E-state index is -0.242. The van der Waals surface area contributed by atoms with Gasteiger partial charge in [-0.15, -0.1) is 11.3 Å². The van der Waals surface area contributed by atoms with Gasteiger partial charge in [0.1, 0.15) is 5.82 Å². The maximum Gasteiger partial charge on any atom is 0.191 e. The Balaban J connectivity index is 1.66. The molecule has 7 heteroatoms. The van der Waals surface area contributed by atoms with Crippen LogP contribution < -0.4 is 10.6 Å². The Hall–Kier alpha value is -1.96. The van der Waals surface area contributed by atoms with Crippen molar-refractivity contribution in [3.05, 3.63) is 57.5 Å². The molecule has 0 aliphatic carbocycles.